The molecule has 0 fully saturated rings. The molecule has 0 aliphatic rings. The summed E-state index contributed by atoms with van der Waals surface area (Å²) < 4.78 is 12.9. The molecule has 0 saturated carbocycles. The van der Waals surface area contributed by atoms with Crippen LogP contribution in [-0.4, -0.2) is 27.7 Å². The van der Waals surface area contributed by atoms with E-state index in [4.69, 9.17) is 14.3 Å². The molecule has 0 amide bonds. The van der Waals surface area contributed by atoms with Gasteiger partial charge in [0.25, 0.3) is 0 Å². The maximum absolute atomic E-state index is 11.1. The van der Waals surface area contributed by atoms with Crippen LogP contribution >= 0.6 is 0 Å². The number of ether oxygens (including phenoxy) is 1. The Kier molecular flexibility index (Phi) is 4.91. The number of carboxylic acid groups (broad SMARTS) is 1. The SMILES string of the molecule is COC(=Cc1ccc2c(ccn2Cc2nc(-c3ccccc3)oc2C)c1)C(=O)O. The summed E-state index contributed by atoms with van der Waals surface area (Å²) in [5.41, 5.74) is 3.61. The number of aromatic nitrogens is 2. The maximum atomic E-state index is 11.1. The molecule has 0 radical (unpaired) electrons. The van der Waals surface area contributed by atoms with E-state index in [2.05, 4.69) is 9.55 Å². The zero-order valence-corrected chi connectivity index (χ0v) is 16.1. The number of aryl methyl sites for hydroxylation is 1. The first-order chi connectivity index (χ1) is 14.0. The van der Waals surface area contributed by atoms with Gasteiger partial charge < -0.3 is 18.8 Å². The van der Waals surface area contributed by atoms with Gasteiger partial charge in [-0.2, -0.15) is 0 Å². The summed E-state index contributed by atoms with van der Waals surface area (Å²) >= 11 is 0. The van der Waals surface area contributed by atoms with Crippen LogP contribution in [0, 0.1) is 6.92 Å². The molecule has 0 atom stereocenters. The third kappa shape index (κ3) is 3.78. The molecular formula is C23H20N2O4. The van der Waals surface area contributed by atoms with E-state index in [1.54, 1.807) is 0 Å². The second kappa shape index (κ2) is 7.67. The fourth-order valence-electron chi connectivity index (χ4n) is 3.25. The molecule has 2 heterocycles. The minimum Gasteiger partial charge on any atom is -0.490 e. The number of hydrogen-bond acceptors (Lipinski definition) is 4. The zero-order chi connectivity index (χ0) is 20.4. The highest BCUT2D eigenvalue weighted by Gasteiger charge is 2.13. The van der Waals surface area contributed by atoms with E-state index in [-0.39, 0.29) is 5.76 Å². The minimum atomic E-state index is -1.10. The van der Waals surface area contributed by atoms with Crippen molar-refractivity contribution in [3.63, 3.8) is 0 Å². The Hall–Kier alpha value is -3.80. The van der Waals surface area contributed by atoms with Crippen LogP contribution < -0.4 is 0 Å². The van der Waals surface area contributed by atoms with E-state index in [0.717, 1.165) is 33.5 Å². The van der Waals surface area contributed by atoms with E-state index in [1.807, 2.05) is 67.7 Å². The van der Waals surface area contributed by atoms with Crippen LogP contribution in [0.4, 0.5) is 0 Å². The average molecular weight is 388 g/mol. The smallest absolute Gasteiger partial charge is 0.371 e. The van der Waals surface area contributed by atoms with Gasteiger partial charge in [0.05, 0.1) is 13.7 Å². The van der Waals surface area contributed by atoms with Gasteiger partial charge in [0.1, 0.15) is 11.5 Å². The van der Waals surface area contributed by atoms with Crippen molar-refractivity contribution in [1.29, 1.82) is 0 Å². The number of rotatable bonds is 6. The van der Waals surface area contributed by atoms with Gasteiger partial charge in [-0.25, -0.2) is 9.78 Å². The van der Waals surface area contributed by atoms with Crippen LogP contribution in [0.3, 0.4) is 0 Å². The first-order valence-electron chi connectivity index (χ1n) is 9.15. The summed E-state index contributed by atoms with van der Waals surface area (Å²) in [4.78, 5) is 15.8. The number of aliphatic carboxylic acids is 1. The van der Waals surface area contributed by atoms with Crippen molar-refractivity contribution in [2.75, 3.05) is 7.11 Å². The number of methoxy groups -OCH3 is 1. The molecule has 0 spiro atoms. The van der Waals surface area contributed by atoms with E-state index in [0.29, 0.717) is 12.4 Å². The Morgan fingerprint density at radius 2 is 2.00 bits per heavy atom. The molecule has 1 N–H and O–H groups in total. The zero-order valence-electron chi connectivity index (χ0n) is 16.1. The van der Waals surface area contributed by atoms with Crippen LogP contribution in [0.1, 0.15) is 17.0 Å². The Labute approximate surface area is 167 Å². The van der Waals surface area contributed by atoms with Crippen LogP contribution in [-0.2, 0) is 16.1 Å². The summed E-state index contributed by atoms with van der Waals surface area (Å²) in [6.45, 7) is 2.50. The lowest BCUT2D eigenvalue weighted by atomic mass is 10.1. The van der Waals surface area contributed by atoms with Gasteiger partial charge in [-0.05, 0) is 48.9 Å². The fourth-order valence-corrected chi connectivity index (χ4v) is 3.25. The molecule has 146 valence electrons. The number of fused-ring (bicyclic) bond motifs is 1. The lowest BCUT2D eigenvalue weighted by Crippen LogP contribution is -2.02. The predicted octanol–water partition coefficient (Wildman–Crippen LogP) is 4.72. The van der Waals surface area contributed by atoms with Gasteiger partial charge >= 0.3 is 5.97 Å². The van der Waals surface area contributed by atoms with Crippen molar-refractivity contribution in [1.82, 2.24) is 9.55 Å². The third-order valence-corrected chi connectivity index (χ3v) is 4.76. The minimum absolute atomic E-state index is 0.101. The summed E-state index contributed by atoms with van der Waals surface area (Å²) in [6, 6.07) is 17.6. The van der Waals surface area contributed by atoms with E-state index >= 15 is 0 Å². The molecule has 0 bridgehead atoms. The first kappa shape index (κ1) is 18.6. The van der Waals surface area contributed by atoms with Crippen molar-refractivity contribution in [3.8, 4) is 11.5 Å². The van der Waals surface area contributed by atoms with Crippen molar-refractivity contribution >= 4 is 22.9 Å². The lowest BCUT2D eigenvalue weighted by Gasteiger charge is -2.05. The highest BCUT2D eigenvalue weighted by Crippen LogP contribution is 2.24. The van der Waals surface area contributed by atoms with E-state index in [1.165, 1.54) is 13.2 Å². The molecule has 29 heavy (non-hydrogen) atoms. The molecule has 6 heteroatoms. The van der Waals surface area contributed by atoms with E-state index in [9.17, 15) is 4.79 Å². The largest absolute Gasteiger partial charge is 0.490 e. The molecule has 6 nitrogen and oxygen atoms in total. The molecule has 0 aliphatic carbocycles. The van der Waals surface area contributed by atoms with Crippen LogP contribution in [0.15, 0.2) is 71.0 Å². The summed E-state index contributed by atoms with van der Waals surface area (Å²) in [5.74, 6) is 0.204. The molecule has 2 aromatic carbocycles. The topological polar surface area (TPSA) is 77.5 Å². The molecule has 4 aromatic rings. The number of carboxylic acids is 1. The Morgan fingerprint density at radius 3 is 2.72 bits per heavy atom. The number of benzene rings is 2. The summed E-state index contributed by atoms with van der Waals surface area (Å²) in [7, 11) is 1.35. The van der Waals surface area contributed by atoms with Crippen LogP contribution in [0.5, 0.6) is 0 Å². The van der Waals surface area contributed by atoms with Gasteiger partial charge in [0, 0.05) is 22.7 Å². The van der Waals surface area contributed by atoms with Crippen molar-refractivity contribution in [3.05, 3.63) is 83.6 Å². The van der Waals surface area contributed by atoms with Gasteiger partial charge in [0.2, 0.25) is 11.6 Å². The summed E-state index contributed by atoms with van der Waals surface area (Å²) in [5, 5.41) is 10.1. The Balaban J connectivity index is 1.63. The molecule has 0 saturated heterocycles. The molecule has 4 rings (SSSR count). The Morgan fingerprint density at radius 1 is 1.21 bits per heavy atom. The monoisotopic (exact) mass is 388 g/mol. The first-order valence-corrected chi connectivity index (χ1v) is 9.15. The number of nitrogens with zero attached hydrogens (tertiary/aromatic N) is 2. The van der Waals surface area contributed by atoms with Crippen LogP contribution in [0.25, 0.3) is 28.4 Å². The van der Waals surface area contributed by atoms with Gasteiger partial charge in [-0.1, -0.05) is 24.3 Å². The average Bonchev–Trinajstić information content (AvgIpc) is 3.30. The molecule has 2 aromatic heterocycles. The summed E-state index contributed by atoms with van der Waals surface area (Å²) in [6.07, 6.45) is 3.50. The number of oxazole rings is 1. The second-order valence-electron chi connectivity index (χ2n) is 6.67. The van der Waals surface area contributed by atoms with Gasteiger partial charge in [0.15, 0.2) is 0 Å². The molecule has 0 unspecified atom stereocenters. The maximum Gasteiger partial charge on any atom is 0.371 e. The van der Waals surface area contributed by atoms with Gasteiger partial charge in [-0.15, -0.1) is 0 Å². The third-order valence-electron chi connectivity index (χ3n) is 4.76. The second-order valence-corrected chi connectivity index (χ2v) is 6.67. The lowest BCUT2D eigenvalue weighted by molar-refractivity contribution is -0.135. The van der Waals surface area contributed by atoms with Crippen molar-refractivity contribution in [2.45, 2.75) is 13.5 Å². The van der Waals surface area contributed by atoms with Gasteiger partial charge in [-0.3, -0.25) is 0 Å². The highest BCUT2D eigenvalue weighted by atomic mass is 16.5. The van der Waals surface area contributed by atoms with E-state index < -0.39 is 5.97 Å². The van der Waals surface area contributed by atoms with Crippen molar-refractivity contribution < 1.29 is 19.1 Å². The number of carbonyl (C=O) groups is 1. The molecule has 0 aliphatic heterocycles. The predicted molar refractivity (Wildman–Crippen MR) is 110 cm³/mol. The van der Waals surface area contributed by atoms with Crippen LogP contribution in [0.2, 0.25) is 0 Å². The highest BCUT2D eigenvalue weighted by molar-refractivity contribution is 5.91. The quantitative estimate of drug-likeness (QED) is 0.382. The fraction of sp³-hybridized carbons (Fsp3) is 0.130. The molecular weight excluding hydrogens is 368 g/mol. The number of hydrogen-bond donors (Lipinski definition) is 1. The normalized spacial score (nSPS) is 11.7. The van der Waals surface area contributed by atoms with Crippen molar-refractivity contribution in [2.24, 2.45) is 0 Å². The Bertz CT molecular complexity index is 1200. The standard InChI is InChI=1S/C23H20N2O4/c1-15-19(24-22(29-15)17-6-4-3-5-7-17)14-25-11-10-18-12-16(8-9-20(18)25)13-21(28-2)23(26)27/h3-13H,14H2,1-2H3,(H,26,27).